The predicted molar refractivity (Wildman–Crippen MR) is 112 cm³/mol. The van der Waals surface area contributed by atoms with E-state index in [1.165, 1.54) is 4.68 Å². The van der Waals surface area contributed by atoms with Crippen LogP contribution in [0.2, 0.25) is 10.0 Å². The average Bonchev–Trinajstić information content (AvgIpc) is 3.43. The lowest BCUT2D eigenvalue weighted by atomic mass is 10.2. The summed E-state index contributed by atoms with van der Waals surface area (Å²) < 4.78 is 1.27. The largest absolute Gasteiger partial charge is 0.345 e. The van der Waals surface area contributed by atoms with Crippen molar-refractivity contribution in [2.45, 2.75) is 18.9 Å². The van der Waals surface area contributed by atoms with Crippen molar-refractivity contribution in [3.8, 4) is 0 Å². The Hall–Kier alpha value is -3.03. The van der Waals surface area contributed by atoms with Gasteiger partial charge in [0.1, 0.15) is 5.69 Å². The minimum absolute atomic E-state index is 0.0384. The highest BCUT2D eigenvalue weighted by Crippen LogP contribution is 2.25. The van der Waals surface area contributed by atoms with Crippen LogP contribution in [0.4, 0.5) is 5.69 Å². The number of rotatable bonds is 4. The Balaban J connectivity index is 1.67. The van der Waals surface area contributed by atoms with Gasteiger partial charge in [-0.05, 0) is 49.2 Å². The van der Waals surface area contributed by atoms with Gasteiger partial charge >= 0.3 is 11.8 Å². The lowest BCUT2D eigenvalue weighted by molar-refractivity contribution is -0.136. The minimum Gasteiger partial charge on any atom is -0.345 e. The number of nitrogens with zero attached hydrogens (tertiary/aromatic N) is 1. The van der Waals surface area contributed by atoms with Crippen LogP contribution in [-0.2, 0) is 9.59 Å². The molecule has 1 heterocycles. The summed E-state index contributed by atoms with van der Waals surface area (Å²) in [6.45, 7) is 0. The molecule has 1 aliphatic rings. The van der Waals surface area contributed by atoms with Gasteiger partial charge in [0, 0.05) is 16.5 Å². The quantitative estimate of drug-likeness (QED) is 0.552. The Morgan fingerprint density at radius 2 is 1.72 bits per heavy atom. The zero-order chi connectivity index (χ0) is 20.5. The van der Waals surface area contributed by atoms with Crippen LogP contribution in [0.1, 0.15) is 23.3 Å². The van der Waals surface area contributed by atoms with Gasteiger partial charge < -0.3 is 10.6 Å². The predicted octanol–water partition coefficient (Wildman–Crippen LogP) is 3.55. The van der Waals surface area contributed by atoms with Crippen molar-refractivity contribution in [1.29, 1.82) is 0 Å². The molecule has 0 aliphatic heterocycles. The molecule has 3 aromatic rings. The van der Waals surface area contributed by atoms with E-state index in [2.05, 4.69) is 16.1 Å². The first-order chi connectivity index (χ1) is 13.9. The van der Waals surface area contributed by atoms with Crippen molar-refractivity contribution < 1.29 is 14.4 Å². The number of benzene rings is 2. The summed E-state index contributed by atoms with van der Waals surface area (Å²) in [5, 5.41) is 6.81. The van der Waals surface area contributed by atoms with E-state index in [-0.39, 0.29) is 11.7 Å². The zero-order valence-corrected chi connectivity index (χ0v) is 16.6. The van der Waals surface area contributed by atoms with E-state index < -0.39 is 17.7 Å². The molecule has 0 saturated heterocycles. The van der Waals surface area contributed by atoms with E-state index in [1.54, 1.807) is 48.5 Å². The van der Waals surface area contributed by atoms with Crippen LogP contribution in [-0.4, -0.2) is 28.4 Å². The standard InChI is InChI=1S/C20H16Cl2N4O3/c21-12-5-8-16-11(9-12)10-17(18(27)24-15-4-2-1-3-14(15)22)26(16)25-20(29)19(28)23-13-6-7-13/h1-5,8-10,13H,6-7H2,(H,23,28)(H,24,27)(H,25,29). The maximum atomic E-state index is 12.9. The second kappa shape index (κ2) is 7.77. The number of carbonyl (C=O) groups excluding carboxylic acids is 3. The van der Waals surface area contributed by atoms with Gasteiger partial charge in [-0.3, -0.25) is 19.8 Å². The minimum atomic E-state index is -0.865. The van der Waals surface area contributed by atoms with Crippen molar-refractivity contribution in [2.75, 3.05) is 10.7 Å². The third kappa shape index (κ3) is 4.21. The number of amides is 3. The van der Waals surface area contributed by atoms with Gasteiger partial charge in [0.05, 0.1) is 16.2 Å². The maximum Gasteiger partial charge on any atom is 0.328 e. The first-order valence-electron chi connectivity index (χ1n) is 8.91. The molecule has 1 aromatic heterocycles. The first-order valence-corrected chi connectivity index (χ1v) is 9.66. The number of hydrogen-bond donors (Lipinski definition) is 3. The molecule has 3 amide bonds. The van der Waals surface area contributed by atoms with Crippen molar-refractivity contribution in [2.24, 2.45) is 0 Å². The normalized spacial score (nSPS) is 13.2. The summed E-state index contributed by atoms with van der Waals surface area (Å²) in [5.41, 5.74) is 3.56. The number of aromatic nitrogens is 1. The lowest BCUT2D eigenvalue weighted by Crippen LogP contribution is -2.40. The van der Waals surface area contributed by atoms with Gasteiger partial charge in [-0.25, -0.2) is 4.68 Å². The molecule has 7 nitrogen and oxygen atoms in total. The number of carbonyl (C=O) groups is 3. The molecule has 0 radical (unpaired) electrons. The third-order valence-electron chi connectivity index (χ3n) is 4.45. The van der Waals surface area contributed by atoms with Gasteiger partial charge in [0.2, 0.25) is 0 Å². The molecule has 1 fully saturated rings. The van der Waals surface area contributed by atoms with E-state index in [0.717, 1.165) is 12.8 Å². The maximum absolute atomic E-state index is 12.9. The Bertz CT molecular complexity index is 1140. The van der Waals surface area contributed by atoms with Crippen molar-refractivity contribution >= 4 is 57.5 Å². The van der Waals surface area contributed by atoms with Crippen LogP contribution in [0.5, 0.6) is 0 Å². The SMILES string of the molecule is O=C(NC1CC1)C(=O)Nn1c(C(=O)Nc2ccccc2Cl)cc2cc(Cl)ccc21. The highest BCUT2D eigenvalue weighted by molar-refractivity contribution is 6.38. The monoisotopic (exact) mass is 430 g/mol. The molecule has 29 heavy (non-hydrogen) atoms. The van der Waals surface area contributed by atoms with Gasteiger partial charge in [-0.1, -0.05) is 35.3 Å². The number of para-hydroxylation sites is 1. The molecule has 2 aromatic carbocycles. The fourth-order valence-corrected chi connectivity index (χ4v) is 3.22. The fourth-order valence-electron chi connectivity index (χ4n) is 2.85. The van der Waals surface area contributed by atoms with Crippen LogP contribution < -0.4 is 16.1 Å². The van der Waals surface area contributed by atoms with Crippen LogP contribution in [0.25, 0.3) is 10.9 Å². The summed E-state index contributed by atoms with van der Waals surface area (Å²) >= 11 is 12.2. The topological polar surface area (TPSA) is 92.2 Å². The van der Waals surface area contributed by atoms with E-state index >= 15 is 0 Å². The highest BCUT2D eigenvalue weighted by Gasteiger charge is 2.27. The van der Waals surface area contributed by atoms with Crippen molar-refractivity contribution in [3.05, 3.63) is 64.3 Å². The molecule has 1 aliphatic carbocycles. The van der Waals surface area contributed by atoms with E-state index in [1.807, 2.05) is 0 Å². The first kappa shape index (κ1) is 19.3. The van der Waals surface area contributed by atoms with E-state index in [4.69, 9.17) is 23.2 Å². The molecule has 0 atom stereocenters. The number of halogens is 2. The Kier molecular flexibility index (Phi) is 5.17. The Labute approximate surface area is 175 Å². The zero-order valence-electron chi connectivity index (χ0n) is 15.0. The van der Waals surface area contributed by atoms with Crippen molar-refractivity contribution in [3.63, 3.8) is 0 Å². The number of nitrogens with one attached hydrogen (secondary N) is 3. The Morgan fingerprint density at radius 1 is 0.966 bits per heavy atom. The van der Waals surface area contributed by atoms with E-state index in [9.17, 15) is 14.4 Å². The second-order valence-corrected chi connectivity index (χ2v) is 7.53. The van der Waals surface area contributed by atoms with Gasteiger partial charge in [0.15, 0.2) is 0 Å². The summed E-state index contributed by atoms with van der Waals surface area (Å²) in [6.07, 6.45) is 1.71. The molecule has 1 saturated carbocycles. The summed E-state index contributed by atoms with van der Waals surface area (Å²) in [5.74, 6) is -2.12. The van der Waals surface area contributed by atoms with Crippen LogP contribution in [0.15, 0.2) is 48.5 Å². The van der Waals surface area contributed by atoms with Crippen LogP contribution >= 0.6 is 23.2 Å². The summed E-state index contributed by atoms with van der Waals surface area (Å²) in [6, 6.07) is 13.4. The molecule has 0 bridgehead atoms. The molecular formula is C20H16Cl2N4O3. The molecule has 9 heteroatoms. The van der Waals surface area contributed by atoms with E-state index in [0.29, 0.717) is 26.6 Å². The third-order valence-corrected chi connectivity index (χ3v) is 5.02. The highest BCUT2D eigenvalue weighted by atomic mass is 35.5. The molecule has 3 N–H and O–H groups in total. The molecule has 0 unspecified atom stereocenters. The van der Waals surface area contributed by atoms with Gasteiger partial charge in [0.25, 0.3) is 5.91 Å². The molecular weight excluding hydrogens is 415 g/mol. The van der Waals surface area contributed by atoms with Crippen LogP contribution in [0.3, 0.4) is 0 Å². The second-order valence-electron chi connectivity index (χ2n) is 6.69. The summed E-state index contributed by atoms with van der Waals surface area (Å²) in [7, 11) is 0. The van der Waals surface area contributed by atoms with Gasteiger partial charge in [-0.15, -0.1) is 0 Å². The number of anilines is 1. The number of fused-ring (bicyclic) bond motifs is 1. The lowest BCUT2D eigenvalue weighted by Gasteiger charge is -2.13. The summed E-state index contributed by atoms with van der Waals surface area (Å²) in [4.78, 5) is 37.3. The van der Waals surface area contributed by atoms with Crippen molar-refractivity contribution in [1.82, 2.24) is 9.99 Å². The smallest absolute Gasteiger partial charge is 0.328 e. The molecule has 148 valence electrons. The number of hydrogen-bond acceptors (Lipinski definition) is 3. The average molecular weight is 431 g/mol. The fraction of sp³-hybridized carbons (Fsp3) is 0.150. The Morgan fingerprint density at radius 3 is 2.45 bits per heavy atom. The molecule has 0 spiro atoms. The van der Waals surface area contributed by atoms with Gasteiger partial charge in [-0.2, -0.15) is 0 Å². The molecule has 4 rings (SSSR count). The van der Waals surface area contributed by atoms with Crippen LogP contribution in [0, 0.1) is 0 Å².